The Balaban J connectivity index is 1.68. The highest BCUT2D eigenvalue weighted by molar-refractivity contribution is 5.67. The van der Waals surface area contributed by atoms with Gasteiger partial charge in [0.25, 0.3) is 0 Å². The van der Waals surface area contributed by atoms with Gasteiger partial charge in [-0.15, -0.1) is 0 Å². The number of β-amino-alcohol motifs (C(OH)–C–C–N with tert-alkyl or cyclic N) is 1. The lowest BCUT2D eigenvalue weighted by molar-refractivity contribution is 0.0947. The molecular formula is C21H25NO4. The summed E-state index contributed by atoms with van der Waals surface area (Å²) in [7, 11) is 0. The van der Waals surface area contributed by atoms with E-state index in [-0.39, 0.29) is 12.5 Å². The normalized spacial score (nSPS) is 20.5. The Kier molecular flexibility index (Phi) is 4.41. The van der Waals surface area contributed by atoms with Gasteiger partial charge in [0.05, 0.1) is 6.54 Å². The Labute approximate surface area is 153 Å². The maximum Gasteiger partial charge on any atom is 0.231 e. The Hall–Kier alpha value is -2.40. The summed E-state index contributed by atoms with van der Waals surface area (Å²) in [4.78, 5) is 2.22. The molecule has 138 valence electrons. The second-order valence-electron chi connectivity index (χ2n) is 7.08. The molecule has 2 aliphatic rings. The van der Waals surface area contributed by atoms with Gasteiger partial charge in [-0.05, 0) is 18.6 Å². The molecule has 0 saturated heterocycles. The maximum absolute atomic E-state index is 11.6. The number of hydrogen-bond acceptors (Lipinski definition) is 5. The fourth-order valence-electron chi connectivity index (χ4n) is 3.97. The van der Waals surface area contributed by atoms with Gasteiger partial charge in [0.2, 0.25) is 6.79 Å². The molecule has 0 radical (unpaired) electrons. The van der Waals surface area contributed by atoms with Crippen molar-refractivity contribution in [3.8, 4) is 17.2 Å². The van der Waals surface area contributed by atoms with Crippen LogP contribution in [0.2, 0.25) is 0 Å². The number of aliphatic hydroxyl groups is 1. The number of para-hydroxylation sites is 1. The SMILES string of the molecule is CCCCCCN1CC(O)(c2cc3c(cc2O)OCO3)c2ccccc21. The van der Waals surface area contributed by atoms with Crippen molar-refractivity contribution in [1.29, 1.82) is 0 Å². The largest absolute Gasteiger partial charge is 0.507 e. The maximum atomic E-state index is 11.6. The molecule has 5 heteroatoms. The standard InChI is InChI=1S/C21H25NO4/c1-2-3-4-7-10-22-13-21(24,15-8-5-6-9-17(15)22)16-11-19-20(12-18(16)23)26-14-25-19/h5-6,8-9,11-12,23-24H,2-4,7,10,13-14H2,1H3. The van der Waals surface area contributed by atoms with E-state index in [0.29, 0.717) is 23.6 Å². The van der Waals surface area contributed by atoms with Crippen LogP contribution in [-0.2, 0) is 5.60 Å². The molecular weight excluding hydrogens is 330 g/mol. The summed E-state index contributed by atoms with van der Waals surface area (Å²) in [6.07, 6.45) is 4.70. The van der Waals surface area contributed by atoms with Crippen molar-refractivity contribution >= 4 is 5.69 Å². The Morgan fingerprint density at radius 1 is 1.04 bits per heavy atom. The molecule has 0 fully saturated rings. The Morgan fingerprint density at radius 2 is 1.81 bits per heavy atom. The first kappa shape index (κ1) is 17.0. The average molecular weight is 355 g/mol. The number of aromatic hydroxyl groups is 1. The molecule has 0 bridgehead atoms. The Bertz CT molecular complexity index is 807. The number of nitrogens with zero attached hydrogens (tertiary/aromatic N) is 1. The number of anilines is 1. The van der Waals surface area contributed by atoms with Gasteiger partial charge in [-0.25, -0.2) is 0 Å². The number of ether oxygens (including phenoxy) is 2. The van der Waals surface area contributed by atoms with Gasteiger partial charge in [0, 0.05) is 29.4 Å². The number of hydrogen-bond donors (Lipinski definition) is 2. The zero-order valence-electron chi connectivity index (χ0n) is 15.1. The van der Waals surface area contributed by atoms with Crippen LogP contribution >= 0.6 is 0 Å². The molecule has 0 saturated carbocycles. The minimum atomic E-state index is -1.27. The molecule has 0 amide bonds. The third-order valence-electron chi connectivity index (χ3n) is 5.33. The third-order valence-corrected chi connectivity index (χ3v) is 5.33. The molecule has 2 heterocycles. The number of rotatable bonds is 6. The fourth-order valence-corrected chi connectivity index (χ4v) is 3.97. The molecule has 2 aromatic carbocycles. The number of fused-ring (bicyclic) bond motifs is 2. The van der Waals surface area contributed by atoms with Crippen LogP contribution in [-0.4, -0.2) is 30.1 Å². The van der Waals surface area contributed by atoms with Gasteiger partial charge in [0.15, 0.2) is 11.5 Å². The number of benzene rings is 2. The van der Waals surface area contributed by atoms with E-state index >= 15 is 0 Å². The predicted molar refractivity (Wildman–Crippen MR) is 100 cm³/mol. The highest BCUT2D eigenvalue weighted by Gasteiger charge is 2.44. The molecule has 0 spiro atoms. The Morgan fingerprint density at radius 3 is 2.62 bits per heavy atom. The van der Waals surface area contributed by atoms with Crippen LogP contribution in [0, 0.1) is 0 Å². The van der Waals surface area contributed by atoms with E-state index in [0.717, 1.165) is 24.2 Å². The van der Waals surface area contributed by atoms with Crippen molar-refractivity contribution in [2.45, 2.75) is 38.2 Å². The quantitative estimate of drug-likeness (QED) is 0.773. The third kappa shape index (κ3) is 2.76. The molecule has 1 unspecified atom stereocenters. The van der Waals surface area contributed by atoms with E-state index in [2.05, 4.69) is 11.8 Å². The molecule has 1 atom stereocenters. The molecule has 2 N–H and O–H groups in total. The van der Waals surface area contributed by atoms with Crippen LogP contribution in [0.1, 0.15) is 43.7 Å². The van der Waals surface area contributed by atoms with Crippen molar-refractivity contribution in [3.63, 3.8) is 0 Å². The van der Waals surface area contributed by atoms with Crippen LogP contribution in [0.25, 0.3) is 0 Å². The summed E-state index contributed by atoms with van der Waals surface area (Å²) in [5.74, 6) is 1.10. The minimum Gasteiger partial charge on any atom is -0.507 e. The summed E-state index contributed by atoms with van der Waals surface area (Å²) < 4.78 is 10.8. The van der Waals surface area contributed by atoms with Crippen molar-refractivity contribution in [1.82, 2.24) is 0 Å². The summed E-state index contributed by atoms with van der Waals surface area (Å²) in [6, 6.07) is 11.1. The summed E-state index contributed by atoms with van der Waals surface area (Å²) in [5.41, 5.74) is 1.05. The van der Waals surface area contributed by atoms with E-state index in [9.17, 15) is 10.2 Å². The number of phenols is 1. The topological polar surface area (TPSA) is 62.2 Å². The lowest BCUT2D eigenvalue weighted by Crippen LogP contribution is -2.35. The zero-order chi connectivity index (χ0) is 18.1. The smallest absolute Gasteiger partial charge is 0.231 e. The van der Waals surface area contributed by atoms with Crippen LogP contribution in [0.3, 0.4) is 0 Å². The molecule has 4 rings (SSSR count). The molecule has 0 aliphatic carbocycles. The van der Waals surface area contributed by atoms with Crippen LogP contribution in [0.15, 0.2) is 36.4 Å². The van der Waals surface area contributed by atoms with E-state index in [1.165, 1.54) is 25.3 Å². The van der Waals surface area contributed by atoms with Gasteiger partial charge in [-0.2, -0.15) is 0 Å². The monoisotopic (exact) mass is 355 g/mol. The van der Waals surface area contributed by atoms with E-state index < -0.39 is 5.60 Å². The summed E-state index contributed by atoms with van der Waals surface area (Å²) in [5, 5.41) is 22.1. The van der Waals surface area contributed by atoms with Gasteiger partial charge in [0.1, 0.15) is 11.4 Å². The lowest BCUT2D eigenvalue weighted by Gasteiger charge is -2.26. The number of phenolic OH excluding ortho intramolecular Hbond substituents is 1. The summed E-state index contributed by atoms with van der Waals surface area (Å²) >= 11 is 0. The van der Waals surface area contributed by atoms with Gasteiger partial charge < -0.3 is 24.6 Å². The van der Waals surface area contributed by atoms with Crippen molar-refractivity contribution < 1.29 is 19.7 Å². The van der Waals surface area contributed by atoms with Gasteiger partial charge in [-0.3, -0.25) is 0 Å². The van der Waals surface area contributed by atoms with Gasteiger partial charge >= 0.3 is 0 Å². The predicted octanol–water partition coefficient (Wildman–Crippen LogP) is 3.76. The zero-order valence-corrected chi connectivity index (χ0v) is 15.1. The van der Waals surface area contributed by atoms with Crippen molar-refractivity contribution in [2.75, 3.05) is 24.8 Å². The van der Waals surface area contributed by atoms with Crippen molar-refractivity contribution in [2.24, 2.45) is 0 Å². The molecule has 2 aromatic rings. The summed E-state index contributed by atoms with van der Waals surface area (Å²) in [6.45, 7) is 3.65. The van der Waals surface area contributed by atoms with Crippen LogP contribution in [0.4, 0.5) is 5.69 Å². The van der Waals surface area contributed by atoms with E-state index in [1.54, 1.807) is 6.07 Å². The van der Waals surface area contributed by atoms with Crippen molar-refractivity contribution in [3.05, 3.63) is 47.5 Å². The highest BCUT2D eigenvalue weighted by atomic mass is 16.7. The highest BCUT2D eigenvalue weighted by Crippen LogP contribution is 2.49. The lowest BCUT2D eigenvalue weighted by atomic mass is 9.87. The molecule has 0 aromatic heterocycles. The fraction of sp³-hybridized carbons (Fsp3) is 0.429. The molecule has 5 nitrogen and oxygen atoms in total. The second-order valence-corrected chi connectivity index (χ2v) is 7.08. The second kappa shape index (κ2) is 6.72. The van der Waals surface area contributed by atoms with Gasteiger partial charge in [-0.1, -0.05) is 44.4 Å². The number of unbranched alkanes of at least 4 members (excludes halogenated alkanes) is 3. The first-order chi connectivity index (χ1) is 12.6. The minimum absolute atomic E-state index is 0.0272. The molecule has 26 heavy (non-hydrogen) atoms. The van der Waals surface area contributed by atoms with Crippen LogP contribution in [0.5, 0.6) is 17.2 Å². The first-order valence-electron chi connectivity index (χ1n) is 9.33. The average Bonchev–Trinajstić information content (AvgIpc) is 3.21. The van der Waals surface area contributed by atoms with E-state index in [1.807, 2.05) is 24.3 Å². The first-order valence-corrected chi connectivity index (χ1v) is 9.33. The van der Waals surface area contributed by atoms with E-state index in [4.69, 9.17) is 9.47 Å². The van der Waals surface area contributed by atoms with Crippen LogP contribution < -0.4 is 14.4 Å². The molecule has 2 aliphatic heterocycles.